The van der Waals surface area contributed by atoms with Crippen molar-refractivity contribution in [2.45, 2.75) is 25.4 Å². The van der Waals surface area contributed by atoms with E-state index in [9.17, 15) is 4.39 Å². The average molecular weight is 196 g/mol. The number of pyridine rings is 1. The molecular weight excluding hydrogens is 183 g/mol. The van der Waals surface area contributed by atoms with Gasteiger partial charge in [-0.2, -0.15) is 0 Å². The lowest BCUT2D eigenvalue weighted by atomic mass is 10.2. The minimum Gasteiger partial charge on any atom is -0.481 e. The highest BCUT2D eigenvalue weighted by molar-refractivity contribution is 5.26. The average Bonchev–Trinajstić information content (AvgIpc) is 2.98. The van der Waals surface area contributed by atoms with Crippen LogP contribution in [0.15, 0.2) is 12.3 Å². The van der Waals surface area contributed by atoms with Crippen molar-refractivity contribution in [2.24, 2.45) is 0 Å². The molecule has 0 spiro atoms. The Balaban J connectivity index is 2.07. The van der Waals surface area contributed by atoms with Crippen molar-refractivity contribution in [3.63, 3.8) is 0 Å². The van der Waals surface area contributed by atoms with E-state index in [1.807, 2.05) is 0 Å². The number of hydrogen-bond acceptors (Lipinski definition) is 3. The fraction of sp³-hybridized carbons (Fsp3) is 0.500. The van der Waals surface area contributed by atoms with Crippen LogP contribution in [0.5, 0.6) is 5.88 Å². The zero-order chi connectivity index (χ0) is 9.97. The minimum atomic E-state index is -0.321. The smallest absolute Gasteiger partial charge is 0.217 e. The zero-order valence-electron chi connectivity index (χ0n) is 8.09. The van der Waals surface area contributed by atoms with Crippen molar-refractivity contribution < 1.29 is 9.13 Å². The number of nitrogens with one attached hydrogen (secondary N) is 1. The van der Waals surface area contributed by atoms with Crippen molar-refractivity contribution in [3.05, 3.63) is 23.6 Å². The molecule has 1 fully saturated rings. The number of ether oxygens (including phenoxy) is 1. The third-order valence-corrected chi connectivity index (χ3v) is 2.24. The maximum Gasteiger partial charge on any atom is 0.217 e. The van der Waals surface area contributed by atoms with Gasteiger partial charge < -0.3 is 10.1 Å². The molecule has 1 aromatic heterocycles. The lowest BCUT2D eigenvalue weighted by Gasteiger charge is -2.07. The van der Waals surface area contributed by atoms with Crippen molar-refractivity contribution in [3.8, 4) is 5.88 Å². The molecule has 4 heteroatoms. The number of hydrogen-bond donors (Lipinski definition) is 1. The second-order valence-electron chi connectivity index (χ2n) is 3.48. The van der Waals surface area contributed by atoms with Gasteiger partial charge >= 0.3 is 0 Å². The maximum atomic E-state index is 12.9. The largest absolute Gasteiger partial charge is 0.481 e. The van der Waals surface area contributed by atoms with Gasteiger partial charge in [-0.1, -0.05) is 0 Å². The molecule has 1 heterocycles. The van der Waals surface area contributed by atoms with Gasteiger partial charge in [0.15, 0.2) is 0 Å². The molecule has 0 atom stereocenters. The Kier molecular flexibility index (Phi) is 2.63. The van der Waals surface area contributed by atoms with Gasteiger partial charge in [0, 0.05) is 18.2 Å². The van der Waals surface area contributed by atoms with Gasteiger partial charge in [-0.15, -0.1) is 0 Å². The fourth-order valence-electron chi connectivity index (χ4n) is 1.32. The number of nitrogens with zero attached hydrogens (tertiary/aromatic N) is 1. The number of methoxy groups -OCH3 is 1. The molecule has 1 aromatic rings. The predicted octanol–water partition coefficient (Wildman–Crippen LogP) is 1.48. The summed E-state index contributed by atoms with van der Waals surface area (Å²) in [6.45, 7) is 0.624. The van der Waals surface area contributed by atoms with E-state index < -0.39 is 0 Å². The second-order valence-corrected chi connectivity index (χ2v) is 3.48. The summed E-state index contributed by atoms with van der Waals surface area (Å²) in [4.78, 5) is 3.86. The SMILES string of the molecule is COc1ncc(F)cc1CNC1CC1. The van der Waals surface area contributed by atoms with Crippen LogP contribution in [0.4, 0.5) is 4.39 Å². The van der Waals surface area contributed by atoms with Gasteiger partial charge in [0.2, 0.25) is 5.88 Å². The summed E-state index contributed by atoms with van der Waals surface area (Å²) in [6, 6.07) is 2.06. The first-order valence-corrected chi connectivity index (χ1v) is 4.71. The summed E-state index contributed by atoms with van der Waals surface area (Å²) in [5.74, 6) is 0.179. The van der Waals surface area contributed by atoms with E-state index in [0.717, 1.165) is 5.56 Å². The lowest BCUT2D eigenvalue weighted by Crippen LogP contribution is -2.16. The Morgan fingerprint density at radius 2 is 2.43 bits per heavy atom. The number of aromatic nitrogens is 1. The van der Waals surface area contributed by atoms with E-state index >= 15 is 0 Å². The Bertz CT molecular complexity index is 326. The van der Waals surface area contributed by atoms with Crippen LogP contribution in [-0.4, -0.2) is 18.1 Å². The van der Waals surface area contributed by atoms with Crippen LogP contribution in [0.3, 0.4) is 0 Å². The van der Waals surface area contributed by atoms with E-state index in [1.54, 1.807) is 7.11 Å². The standard InChI is InChI=1S/C10H13FN2O/c1-14-10-7(4-8(11)6-13-10)5-12-9-2-3-9/h4,6,9,12H,2-3,5H2,1H3. The van der Waals surface area contributed by atoms with Gasteiger partial charge in [-0.25, -0.2) is 9.37 Å². The normalized spacial score (nSPS) is 15.6. The van der Waals surface area contributed by atoms with Crippen molar-refractivity contribution >= 4 is 0 Å². The van der Waals surface area contributed by atoms with Crippen molar-refractivity contribution in [1.29, 1.82) is 0 Å². The molecule has 0 unspecified atom stereocenters. The summed E-state index contributed by atoms with van der Waals surface area (Å²) in [5.41, 5.74) is 0.777. The van der Waals surface area contributed by atoms with Crippen LogP contribution in [0, 0.1) is 5.82 Å². The summed E-state index contributed by atoms with van der Waals surface area (Å²) >= 11 is 0. The first-order valence-electron chi connectivity index (χ1n) is 4.71. The summed E-state index contributed by atoms with van der Waals surface area (Å²) < 4.78 is 17.9. The summed E-state index contributed by atoms with van der Waals surface area (Å²) in [5, 5.41) is 3.29. The first kappa shape index (κ1) is 9.40. The highest BCUT2D eigenvalue weighted by Gasteiger charge is 2.20. The third-order valence-electron chi connectivity index (χ3n) is 2.24. The molecule has 1 aliphatic rings. The van der Waals surface area contributed by atoms with Crippen LogP contribution in [0.25, 0.3) is 0 Å². The van der Waals surface area contributed by atoms with E-state index in [1.165, 1.54) is 25.1 Å². The Morgan fingerprint density at radius 1 is 1.64 bits per heavy atom. The maximum absolute atomic E-state index is 12.9. The Hall–Kier alpha value is -1.16. The van der Waals surface area contributed by atoms with Crippen LogP contribution >= 0.6 is 0 Å². The van der Waals surface area contributed by atoms with Gasteiger partial charge in [-0.05, 0) is 18.9 Å². The second kappa shape index (κ2) is 3.92. The highest BCUT2D eigenvalue weighted by Crippen LogP contribution is 2.21. The molecule has 0 saturated heterocycles. The molecule has 1 saturated carbocycles. The van der Waals surface area contributed by atoms with Gasteiger partial charge in [0.25, 0.3) is 0 Å². The molecule has 3 nitrogen and oxygen atoms in total. The first-order chi connectivity index (χ1) is 6.79. The molecule has 1 N–H and O–H groups in total. The zero-order valence-corrected chi connectivity index (χ0v) is 8.09. The Morgan fingerprint density at radius 3 is 3.07 bits per heavy atom. The van der Waals surface area contributed by atoms with Gasteiger partial charge in [0.1, 0.15) is 5.82 Å². The lowest BCUT2D eigenvalue weighted by molar-refractivity contribution is 0.388. The highest BCUT2D eigenvalue weighted by atomic mass is 19.1. The minimum absolute atomic E-state index is 0.321. The van der Waals surface area contributed by atoms with Crippen LogP contribution in [0.1, 0.15) is 18.4 Å². The van der Waals surface area contributed by atoms with Crippen LogP contribution < -0.4 is 10.1 Å². The van der Waals surface area contributed by atoms with Crippen LogP contribution in [-0.2, 0) is 6.54 Å². The molecule has 0 amide bonds. The van der Waals surface area contributed by atoms with Gasteiger partial charge in [0.05, 0.1) is 13.3 Å². The Labute approximate surface area is 82.3 Å². The van der Waals surface area contributed by atoms with Crippen molar-refractivity contribution in [2.75, 3.05) is 7.11 Å². The molecule has 0 aliphatic heterocycles. The molecule has 1 aliphatic carbocycles. The molecular formula is C10H13FN2O. The summed E-state index contributed by atoms with van der Waals surface area (Å²) in [7, 11) is 1.54. The molecule has 0 bridgehead atoms. The number of rotatable bonds is 4. The fourth-order valence-corrected chi connectivity index (χ4v) is 1.32. The molecule has 0 aromatic carbocycles. The quantitative estimate of drug-likeness (QED) is 0.792. The third kappa shape index (κ3) is 2.20. The summed E-state index contributed by atoms with van der Waals surface area (Å²) in [6.07, 6.45) is 3.59. The van der Waals surface area contributed by atoms with E-state index in [2.05, 4.69) is 10.3 Å². The van der Waals surface area contributed by atoms with Gasteiger partial charge in [-0.3, -0.25) is 0 Å². The predicted molar refractivity (Wildman–Crippen MR) is 50.6 cm³/mol. The van der Waals surface area contributed by atoms with Crippen LogP contribution in [0.2, 0.25) is 0 Å². The number of halogens is 1. The molecule has 76 valence electrons. The van der Waals surface area contributed by atoms with E-state index in [0.29, 0.717) is 18.5 Å². The monoisotopic (exact) mass is 196 g/mol. The molecule has 14 heavy (non-hydrogen) atoms. The van der Waals surface area contributed by atoms with E-state index in [-0.39, 0.29) is 5.82 Å². The van der Waals surface area contributed by atoms with E-state index in [4.69, 9.17) is 4.74 Å². The van der Waals surface area contributed by atoms with Crippen molar-refractivity contribution in [1.82, 2.24) is 10.3 Å². The molecule has 2 rings (SSSR count). The topological polar surface area (TPSA) is 34.1 Å². The molecule has 0 radical (unpaired) electrons.